The Hall–Kier alpha value is -3.17. The molecule has 2 aromatic carbocycles. The Labute approximate surface area is 188 Å². The third kappa shape index (κ3) is 6.18. The van der Waals surface area contributed by atoms with Crippen LogP contribution in [0, 0.1) is 11.6 Å². The summed E-state index contributed by atoms with van der Waals surface area (Å²) < 4.78 is 37.4. The highest BCUT2D eigenvalue weighted by Crippen LogP contribution is 2.35. The summed E-state index contributed by atoms with van der Waals surface area (Å²) in [5, 5.41) is 15.3. The fraction of sp³-hybridized carbons (Fsp3) is 0.273. The lowest BCUT2D eigenvalue weighted by molar-refractivity contribution is -0.130. The summed E-state index contributed by atoms with van der Waals surface area (Å²) in [5.41, 5.74) is 0.639. The van der Waals surface area contributed by atoms with Gasteiger partial charge in [0, 0.05) is 36.7 Å². The van der Waals surface area contributed by atoms with Crippen molar-refractivity contribution in [1.82, 2.24) is 10.6 Å². The summed E-state index contributed by atoms with van der Waals surface area (Å²) in [6.45, 7) is 3.51. The van der Waals surface area contributed by atoms with Gasteiger partial charge in [0.05, 0.1) is 11.1 Å². The lowest BCUT2D eigenvalue weighted by atomic mass is 9.98. The van der Waals surface area contributed by atoms with Gasteiger partial charge in [0.25, 0.3) is 11.8 Å². The van der Waals surface area contributed by atoms with E-state index in [1.165, 1.54) is 30.3 Å². The van der Waals surface area contributed by atoms with E-state index in [0.717, 1.165) is 6.07 Å². The fourth-order valence-corrected chi connectivity index (χ4v) is 3.16. The highest BCUT2D eigenvalue weighted by molar-refractivity contribution is 6.30. The molecule has 0 aromatic heterocycles. The maximum absolute atomic E-state index is 13.4. The summed E-state index contributed by atoms with van der Waals surface area (Å²) in [4.78, 5) is 24.3. The number of hydrogen-bond acceptors (Lipinski definition) is 5. The van der Waals surface area contributed by atoms with E-state index in [1.54, 1.807) is 0 Å². The van der Waals surface area contributed by atoms with Crippen molar-refractivity contribution in [3.05, 3.63) is 70.9 Å². The van der Waals surface area contributed by atoms with Crippen LogP contribution in [0.3, 0.4) is 0 Å². The topological polar surface area (TPSA) is 96.9 Å². The number of ether oxygens (including phenoxy) is 2. The molecule has 0 fully saturated rings. The molecule has 2 unspecified atom stereocenters. The number of carbonyl (C=O) groups excluding carboxylic acids is 2. The van der Waals surface area contributed by atoms with E-state index < -0.39 is 35.7 Å². The molecule has 3 rings (SSSR count). The normalized spacial score (nSPS) is 17.0. The Bertz CT molecular complexity index is 1030. The first kappa shape index (κ1) is 23.5. The second kappa shape index (κ2) is 10.4. The minimum absolute atomic E-state index is 0.0113. The number of benzene rings is 2. The van der Waals surface area contributed by atoms with Gasteiger partial charge < -0.3 is 25.2 Å². The Morgan fingerprint density at radius 1 is 1.25 bits per heavy atom. The quantitative estimate of drug-likeness (QED) is 0.555. The van der Waals surface area contributed by atoms with Crippen LogP contribution in [-0.4, -0.2) is 36.2 Å². The van der Waals surface area contributed by atoms with Gasteiger partial charge in [0.15, 0.2) is 12.7 Å². The largest absolute Gasteiger partial charge is 0.484 e. The second-order valence-corrected chi connectivity index (χ2v) is 7.50. The molecule has 0 aliphatic carbocycles. The first-order valence-electron chi connectivity index (χ1n) is 9.70. The number of rotatable bonds is 8. The molecule has 10 heteroatoms. The highest BCUT2D eigenvalue weighted by Gasteiger charge is 2.31. The lowest BCUT2D eigenvalue weighted by Gasteiger charge is -2.28. The number of amides is 2. The Morgan fingerprint density at radius 3 is 2.78 bits per heavy atom. The first-order chi connectivity index (χ1) is 15.2. The van der Waals surface area contributed by atoms with Crippen LogP contribution in [0.15, 0.2) is 48.7 Å². The predicted molar refractivity (Wildman–Crippen MR) is 112 cm³/mol. The molecule has 2 amide bonds. The highest BCUT2D eigenvalue weighted by atomic mass is 35.5. The van der Waals surface area contributed by atoms with Crippen molar-refractivity contribution in [2.24, 2.45) is 0 Å². The van der Waals surface area contributed by atoms with Crippen molar-refractivity contribution in [1.29, 1.82) is 0 Å². The molecule has 1 aliphatic rings. The molecule has 1 aliphatic heterocycles. The zero-order valence-electron chi connectivity index (χ0n) is 16.9. The molecule has 2 atom stereocenters. The smallest absolute Gasteiger partial charge is 0.262 e. The predicted octanol–water partition coefficient (Wildman–Crippen LogP) is 3.02. The van der Waals surface area contributed by atoms with Gasteiger partial charge in [0.1, 0.15) is 23.1 Å². The third-order valence-electron chi connectivity index (χ3n) is 4.63. The van der Waals surface area contributed by atoms with Crippen LogP contribution in [0.5, 0.6) is 11.5 Å². The molecule has 1 heterocycles. The molecular formula is C22H21ClF2N2O5. The van der Waals surface area contributed by atoms with Crippen molar-refractivity contribution in [3.8, 4) is 11.5 Å². The fourth-order valence-electron chi connectivity index (χ4n) is 3.04. The maximum Gasteiger partial charge on any atom is 0.262 e. The monoisotopic (exact) mass is 466 g/mol. The molecule has 32 heavy (non-hydrogen) atoms. The van der Waals surface area contributed by atoms with Crippen molar-refractivity contribution in [2.75, 3.05) is 13.2 Å². The number of aliphatic hydroxyl groups is 1. The lowest BCUT2D eigenvalue weighted by Crippen LogP contribution is -2.42. The SMILES string of the molecule is C=C(CCNC(=O)C1CC(O)c2cc(F)ccc2O1)NC(=O)COc1ccc(Cl)c(F)c1. The van der Waals surface area contributed by atoms with Gasteiger partial charge in [-0.15, -0.1) is 0 Å². The van der Waals surface area contributed by atoms with Gasteiger partial charge in [-0.2, -0.15) is 0 Å². The first-order valence-corrected chi connectivity index (χ1v) is 10.1. The maximum atomic E-state index is 13.4. The van der Waals surface area contributed by atoms with Crippen LogP contribution in [-0.2, 0) is 9.59 Å². The Kier molecular flexibility index (Phi) is 7.66. The second-order valence-electron chi connectivity index (χ2n) is 7.10. The zero-order valence-corrected chi connectivity index (χ0v) is 17.6. The minimum Gasteiger partial charge on any atom is -0.484 e. The number of hydrogen-bond donors (Lipinski definition) is 3. The van der Waals surface area contributed by atoms with E-state index in [0.29, 0.717) is 11.3 Å². The average molecular weight is 467 g/mol. The standard InChI is InChI=1S/C22H21ClF2N2O5/c1-12(27-21(29)11-31-14-3-4-16(23)17(25)9-14)6-7-26-22(30)20-10-18(28)15-8-13(24)2-5-19(15)32-20/h2-5,8-9,18,20,28H,1,6-7,10-11H2,(H,26,30)(H,27,29). The van der Waals surface area contributed by atoms with Crippen LogP contribution in [0.2, 0.25) is 5.02 Å². The van der Waals surface area contributed by atoms with Crippen LogP contribution in [0.25, 0.3) is 0 Å². The van der Waals surface area contributed by atoms with Gasteiger partial charge in [0.2, 0.25) is 0 Å². The zero-order chi connectivity index (χ0) is 23.3. The summed E-state index contributed by atoms with van der Waals surface area (Å²) in [6, 6.07) is 7.55. The van der Waals surface area contributed by atoms with E-state index >= 15 is 0 Å². The van der Waals surface area contributed by atoms with E-state index in [4.69, 9.17) is 21.1 Å². The van der Waals surface area contributed by atoms with Crippen LogP contribution in [0.4, 0.5) is 8.78 Å². The van der Waals surface area contributed by atoms with Crippen LogP contribution >= 0.6 is 11.6 Å². The van der Waals surface area contributed by atoms with E-state index in [2.05, 4.69) is 17.2 Å². The molecule has 0 saturated heterocycles. The summed E-state index contributed by atoms with van der Waals surface area (Å²) >= 11 is 5.58. The minimum atomic E-state index is -1.02. The van der Waals surface area contributed by atoms with Crippen molar-refractivity contribution in [3.63, 3.8) is 0 Å². The number of halogens is 3. The molecule has 0 bridgehead atoms. The molecule has 7 nitrogen and oxygen atoms in total. The Morgan fingerprint density at radius 2 is 2.03 bits per heavy atom. The van der Waals surface area contributed by atoms with E-state index in [1.807, 2.05) is 0 Å². The van der Waals surface area contributed by atoms with Crippen molar-refractivity contribution < 1.29 is 33.0 Å². The van der Waals surface area contributed by atoms with Crippen molar-refractivity contribution >= 4 is 23.4 Å². The molecule has 0 radical (unpaired) electrons. The molecule has 2 aromatic rings. The molecular weight excluding hydrogens is 446 g/mol. The van der Waals surface area contributed by atoms with Gasteiger partial charge in [-0.05, 0) is 30.3 Å². The average Bonchev–Trinajstić information content (AvgIpc) is 2.74. The van der Waals surface area contributed by atoms with Crippen LogP contribution < -0.4 is 20.1 Å². The van der Waals surface area contributed by atoms with Crippen molar-refractivity contribution in [2.45, 2.75) is 25.0 Å². The molecule has 0 spiro atoms. The number of carbonyl (C=O) groups is 2. The number of nitrogens with one attached hydrogen (secondary N) is 2. The summed E-state index contributed by atoms with van der Waals surface area (Å²) in [7, 11) is 0. The van der Waals surface area contributed by atoms with Gasteiger partial charge in [-0.1, -0.05) is 18.2 Å². The van der Waals surface area contributed by atoms with Gasteiger partial charge >= 0.3 is 0 Å². The molecule has 170 valence electrons. The van der Waals surface area contributed by atoms with Crippen LogP contribution in [0.1, 0.15) is 24.5 Å². The van der Waals surface area contributed by atoms with Gasteiger partial charge in [-0.25, -0.2) is 8.78 Å². The Balaban J connectivity index is 1.38. The molecule has 3 N–H and O–H groups in total. The van der Waals surface area contributed by atoms with E-state index in [-0.39, 0.29) is 42.5 Å². The summed E-state index contributed by atoms with van der Waals surface area (Å²) in [6.07, 6.45) is -1.72. The third-order valence-corrected chi connectivity index (χ3v) is 4.94. The molecule has 0 saturated carbocycles. The van der Waals surface area contributed by atoms with Gasteiger partial charge in [-0.3, -0.25) is 9.59 Å². The number of fused-ring (bicyclic) bond motifs is 1. The number of aliphatic hydroxyl groups excluding tert-OH is 1. The summed E-state index contributed by atoms with van der Waals surface area (Å²) in [5.74, 6) is -1.71. The van der Waals surface area contributed by atoms with E-state index in [9.17, 15) is 23.5 Å².